The normalized spacial score (nSPS) is 24.0. The molecule has 0 aliphatic carbocycles. The maximum atomic E-state index is 10.8. The molecule has 4 heteroatoms. The number of ketones is 1. The number of amides is 1. The second kappa shape index (κ2) is 2.21. The maximum absolute atomic E-state index is 10.8. The number of nitrogens with one attached hydrogen (secondary N) is 1. The lowest BCUT2D eigenvalue weighted by molar-refractivity contribution is -0.129. The number of hydrazone groups is 1. The van der Waals surface area contributed by atoms with Gasteiger partial charge in [0.2, 0.25) is 0 Å². The van der Waals surface area contributed by atoms with Gasteiger partial charge >= 0.3 is 0 Å². The molecule has 1 unspecified atom stereocenters. The maximum Gasteiger partial charge on any atom is 0.256 e. The van der Waals surface area contributed by atoms with Crippen LogP contribution in [0.15, 0.2) is 5.10 Å². The van der Waals surface area contributed by atoms with Crippen LogP contribution in [0.25, 0.3) is 0 Å². The minimum absolute atomic E-state index is 0.156. The molecule has 1 amide bonds. The van der Waals surface area contributed by atoms with Gasteiger partial charge < -0.3 is 0 Å². The van der Waals surface area contributed by atoms with Gasteiger partial charge in [-0.15, -0.1) is 0 Å². The third-order valence-electron chi connectivity index (χ3n) is 1.43. The van der Waals surface area contributed by atoms with Crippen molar-refractivity contribution in [1.29, 1.82) is 0 Å². The summed E-state index contributed by atoms with van der Waals surface area (Å²) >= 11 is 0. The van der Waals surface area contributed by atoms with E-state index in [1.54, 1.807) is 6.92 Å². The Morgan fingerprint density at radius 2 is 2.30 bits per heavy atom. The molecule has 0 aromatic rings. The zero-order valence-electron chi connectivity index (χ0n) is 5.84. The van der Waals surface area contributed by atoms with Gasteiger partial charge in [0.25, 0.3) is 5.91 Å². The van der Waals surface area contributed by atoms with Crippen molar-refractivity contribution in [1.82, 2.24) is 5.43 Å². The van der Waals surface area contributed by atoms with Crippen LogP contribution in [0.5, 0.6) is 0 Å². The van der Waals surface area contributed by atoms with Crippen LogP contribution in [0.3, 0.4) is 0 Å². The Hall–Kier alpha value is -1.19. The summed E-state index contributed by atoms with van der Waals surface area (Å²) in [4.78, 5) is 21.5. The van der Waals surface area contributed by atoms with Gasteiger partial charge in [0.1, 0.15) is 11.7 Å². The lowest BCUT2D eigenvalue weighted by atomic mass is 10.0. The van der Waals surface area contributed by atoms with Crippen molar-refractivity contribution in [3.8, 4) is 0 Å². The van der Waals surface area contributed by atoms with Gasteiger partial charge in [-0.3, -0.25) is 9.59 Å². The highest BCUT2D eigenvalue weighted by molar-refractivity contribution is 6.21. The number of nitrogens with zero attached hydrogens (tertiary/aromatic N) is 1. The van der Waals surface area contributed by atoms with E-state index in [0.717, 1.165) is 0 Å². The summed E-state index contributed by atoms with van der Waals surface area (Å²) in [5.41, 5.74) is 2.78. The molecule has 0 aromatic carbocycles. The SMILES string of the molecule is CC(=O)C1C(=O)NN=C1C. The number of rotatable bonds is 1. The van der Waals surface area contributed by atoms with Crippen LogP contribution in [0.4, 0.5) is 0 Å². The number of carbonyl (C=O) groups is 2. The molecule has 0 radical (unpaired) electrons. The molecule has 0 spiro atoms. The molecule has 1 aliphatic heterocycles. The second-order valence-electron chi connectivity index (χ2n) is 2.27. The van der Waals surface area contributed by atoms with Gasteiger partial charge in [-0.25, -0.2) is 5.43 Å². The minimum Gasteiger partial charge on any atom is -0.299 e. The molecule has 54 valence electrons. The molecule has 10 heavy (non-hydrogen) atoms. The summed E-state index contributed by atoms with van der Waals surface area (Å²) < 4.78 is 0. The van der Waals surface area contributed by atoms with Gasteiger partial charge in [-0.2, -0.15) is 5.10 Å². The van der Waals surface area contributed by atoms with Gasteiger partial charge in [0.05, 0.1) is 5.71 Å². The summed E-state index contributed by atoms with van der Waals surface area (Å²) in [5.74, 6) is -1.11. The first-order chi connectivity index (χ1) is 4.63. The van der Waals surface area contributed by atoms with E-state index in [4.69, 9.17) is 0 Å². The molecule has 1 aliphatic rings. The van der Waals surface area contributed by atoms with Crippen molar-refractivity contribution in [2.75, 3.05) is 0 Å². The van der Waals surface area contributed by atoms with Gasteiger partial charge in [0, 0.05) is 0 Å². The summed E-state index contributed by atoms with van der Waals surface area (Å²) in [6, 6.07) is 0. The molecular formula is C6H8N2O2. The van der Waals surface area contributed by atoms with Crippen LogP contribution < -0.4 is 5.43 Å². The summed E-state index contributed by atoms with van der Waals surface area (Å²) in [7, 11) is 0. The van der Waals surface area contributed by atoms with E-state index in [1.807, 2.05) is 0 Å². The van der Waals surface area contributed by atoms with E-state index in [1.165, 1.54) is 6.92 Å². The molecule has 0 saturated heterocycles. The average molecular weight is 140 g/mol. The Morgan fingerprint density at radius 1 is 1.70 bits per heavy atom. The fourth-order valence-corrected chi connectivity index (χ4v) is 0.941. The van der Waals surface area contributed by atoms with E-state index < -0.39 is 5.92 Å². The monoisotopic (exact) mass is 140 g/mol. The molecular weight excluding hydrogens is 132 g/mol. The zero-order chi connectivity index (χ0) is 7.72. The molecule has 4 nitrogen and oxygen atoms in total. The third kappa shape index (κ3) is 0.920. The molecule has 0 fully saturated rings. The molecule has 1 atom stereocenters. The third-order valence-corrected chi connectivity index (χ3v) is 1.43. The van der Waals surface area contributed by atoms with Crippen LogP contribution in [-0.2, 0) is 9.59 Å². The molecule has 1 heterocycles. The average Bonchev–Trinajstić information content (AvgIpc) is 2.11. The first kappa shape index (κ1) is 6.92. The molecule has 1 rings (SSSR count). The van der Waals surface area contributed by atoms with Crippen molar-refractivity contribution >= 4 is 17.4 Å². The quantitative estimate of drug-likeness (QED) is 0.508. The van der Waals surface area contributed by atoms with Crippen molar-refractivity contribution in [3.63, 3.8) is 0 Å². The van der Waals surface area contributed by atoms with Gasteiger partial charge in [0.15, 0.2) is 0 Å². The lowest BCUT2D eigenvalue weighted by Gasteiger charge is -1.99. The fraction of sp³-hybridized carbons (Fsp3) is 0.500. The predicted octanol–water partition coefficient (Wildman–Crippen LogP) is -0.303. The largest absolute Gasteiger partial charge is 0.299 e. The Bertz CT molecular complexity index is 220. The van der Waals surface area contributed by atoms with Crippen LogP contribution in [0, 0.1) is 5.92 Å². The van der Waals surface area contributed by atoms with E-state index in [2.05, 4.69) is 10.5 Å². The topological polar surface area (TPSA) is 58.5 Å². The smallest absolute Gasteiger partial charge is 0.256 e. The van der Waals surface area contributed by atoms with Crippen LogP contribution >= 0.6 is 0 Å². The van der Waals surface area contributed by atoms with Crippen LogP contribution in [0.1, 0.15) is 13.8 Å². The number of hydrogen-bond donors (Lipinski definition) is 1. The Kier molecular flexibility index (Phi) is 1.53. The van der Waals surface area contributed by atoms with E-state index in [9.17, 15) is 9.59 Å². The Balaban J connectivity index is 2.84. The van der Waals surface area contributed by atoms with E-state index in [0.29, 0.717) is 5.71 Å². The molecule has 0 saturated carbocycles. The fourth-order valence-electron chi connectivity index (χ4n) is 0.941. The summed E-state index contributed by atoms with van der Waals surface area (Å²) in [6.45, 7) is 3.04. The predicted molar refractivity (Wildman–Crippen MR) is 35.4 cm³/mol. The minimum atomic E-state index is -0.639. The number of Topliss-reactive ketones (excluding diaryl/α,β-unsaturated/α-hetero) is 1. The van der Waals surface area contributed by atoms with E-state index in [-0.39, 0.29) is 11.7 Å². The molecule has 1 N–H and O–H groups in total. The van der Waals surface area contributed by atoms with Crippen molar-refractivity contribution < 1.29 is 9.59 Å². The number of carbonyl (C=O) groups excluding carboxylic acids is 2. The van der Waals surface area contributed by atoms with Crippen molar-refractivity contribution in [2.45, 2.75) is 13.8 Å². The van der Waals surface area contributed by atoms with Crippen molar-refractivity contribution in [3.05, 3.63) is 0 Å². The van der Waals surface area contributed by atoms with Gasteiger partial charge in [-0.1, -0.05) is 0 Å². The van der Waals surface area contributed by atoms with E-state index >= 15 is 0 Å². The Morgan fingerprint density at radius 3 is 2.50 bits per heavy atom. The first-order valence-corrected chi connectivity index (χ1v) is 2.97. The van der Waals surface area contributed by atoms with Gasteiger partial charge in [-0.05, 0) is 13.8 Å². The summed E-state index contributed by atoms with van der Waals surface area (Å²) in [5, 5.41) is 3.62. The highest BCUT2D eigenvalue weighted by atomic mass is 16.2. The highest BCUT2D eigenvalue weighted by Crippen LogP contribution is 2.06. The first-order valence-electron chi connectivity index (χ1n) is 2.97. The molecule has 0 bridgehead atoms. The van der Waals surface area contributed by atoms with Crippen molar-refractivity contribution in [2.24, 2.45) is 11.0 Å². The molecule has 0 aromatic heterocycles. The standard InChI is InChI=1S/C6H8N2O2/c1-3-5(4(2)9)6(10)8-7-3/h5H,1-2H3,(H,8,10). The van der Waals surface area contributed by atoms with Crippen LogP contribution in [0.2, 0.25) is 0 Å². The zero-order valence-corrected chi connectivity index (χ0v) is 5.84. The Labute approximate surface area is 58.3 Å². The lowest BCUT2D eigenvalue weighted by Crippen LogP contribution is -2.27. The second-order valence-corrected chi connectivity index (χ2v) is 2.27. The number of hydrogen-bond acceptors (Lipinski definition) is 3. The van der Waals surface area contributed by atoms with Crippen LogP contribution in [-0.4, -0.2) is 17.4 Å². The highest BCUT2D eigenvalue weighted by Gasteiger charge is 2.30. The summed E-state index contributed by atoms with van der Waals surface area (Å²) in [6.07, 6.45) is 0.